The van der Waals surface area contributed by atoms with Gasteiger partial charge in [0.15, 0.2) is 0 Å². The van der Waals surface area contributed by atoms with Crippen molar-refractivity contribution in [1.29, 1.82) is 0 Å². The highest BCUT2D eigenvalue weighted by molar-refractivity contribution is 6.31. The molecule has 0 heterocycles. The molecule has 1 aromatic rings. The van der Waals surface area contributed by atoms with Gasteiger partial charge in [-0.2, -0.15) is 0 Å². The summed E-state index contributed by atoms with van der Waals surface area (Å²) < 4.78 is 0. The van der Waals surface area contributed by atoms with Crippen molar-refractivity contribution in [3.8, 4) is 0 Å². The van der Waals surface area contributed by atoms with Gasteiger partial charge in [0.1, 0.15) is 0 Å². The molecule has 0 amide bonds. The van der Waals surface area contributed by atoms with Crippen molar-refractivity contribution >= 4 is 11.6 Å². The fourth-order valence-corrected chi connectivity index (χ4v) is 1.40. The Morgan fingerprint density at radius 2 is 1.77 bits per heavy atom. The zero-order valence-electron chi connectivity index (χ0n) is 8.21. The van der Waals surface area contributed by atoms with E-state index in [4.69, 9.17) is 11.6 Å². The molecule has 0 saturated carbocycles. The normalized spacial score (nSPS) is 14.2. The van der Waals surface area contributed by atoms with E-state index in [1.165, 1.54) is 0 Å². The number of halogens is 1. The lowest BCUT2D eigenvalue weighted by atomic mass is 9.85. The van der Waals surface area contributed by atoms with Crippen LogP contribution in [0.25, 0.3) is 0 Å². The molecule has 0 radical (unpaired) electrons. The summed E-state index contributed by atoms with van der Waals surface area (Å²) in [5.74, 6) is 0. The molecule has 2 heteroatoms. The number of hydrogen-bond acceptors (Lipinski definition) is 1. The van der Waals surface area contributed by atoms with E-state index in [1.807, 2.05) is 39.0 Å². The summed E-state index contributed by atoms with van der Waals surface area (Å²) in [4.78, 5) is 0. The van der Waals surface area contributed by atoms with Crippen LogP contribution in [0, 0.1) is 5.41 Å². The van der Waals surface area contributed by atoms with E-state index in [2.05, 4.69) is 0 Å². The molecule has 0 saturated heterocycles. The average Bonchev–Trinajstić information content (AvgIpc) is 2.02. The van der Waals surface area contributed by atoms with Crippen molar-refractivity contribution in [2.24, 2.45) is 5.41 Å². The summed E-state index contributed by atoms with van der Waals surface area (Å²) in [7, 11) is 0. The third-order valence-corrected chi connectivity index (χ3v) is 2.36. The SMILES string of the molecule is CC(C)(C)[C@@H](O)c1ccccc1Cl. The van der Waals surface area contributed by atoms with Gasteiger partial charge in [-0.1, -0.05) is 50.6 Å². The maximum absolute atomic E-state index is 9.95. The highest BCUT2D eigenvalue weighted by Crippen LogP contribution is 2.35. The van der Waals surface area contributed by atoms with Gasteiger partial charge in [0.05, 0.1) is 6.10 Å². The molecule has 0 spiro atoms. The number of rotatable bonds is 1. The zero-order chi connectivity index (χ0) is 10.1. The lowest BCUT2D eigenvalue weighted by Gasteiger charge is -2.26. The van der Waals surface area contributed by atoms with Crippen LogP contribution in [-0.2, 0) is 0 Å². The second-order valence-electron chi connectivity index (χ2n) is 4.29. The smallest absolute Gasteiger partial charge is 0.0852 e. The van der Waals surface area contributed by atoms with Crippen LogP contribution >= 0.6 is 11.6 Å². The lowest BCUT2D eigenvalue weighted by Crippen LogP contribution is -2.17. The molecule has 72 valence electrons. The minimum absolute atomic E-state index is 0.176. The maximum atomic E-state index is 9.95. The molecule has 1 aromatic carbocycles. The van der Waals surface area contributed by atoms with Crippen molar-refractivity contribution in [3.63, 3.8) is 0 Å². The first-order valence-electron chi connectivity index (χ1n) is 4.35. The van der Waals surface area contributed by atoms with Crippen LogP contribution in [-0.4, -0.2) is 5.11 Å². The average molecular weight is 199 g/mol. The Labute approximate surface area is 84.4 Å². The Kier molecular flexibility index (Phi) is 2.99. The standard InChI is InChI=1S/C11H15ClO/c1-11(2,3)10(13)8-6-4-5-7-9(8)12/h4-7,10,13H,1-3H3/t10-/m0/s1. The molecule has 0 aliphatic heterocycles. The molecule has 1 rings (SSSR count). The summed E-state index contributed by atoms with van der Waals surface area (Å²) in [6.07, 6.45) is -0.513. The number of benzene rings is 1. The quantitative estimate of drug-likeness (QED) is 0.733. The monoisotopic (exact) mass is 198 g/mol. The lowest BCUT2D eigenvalue weighted by molar-refractivity contribution is 0.0627. The second-order valence-corrected chi connectivity index (χ2v) is 4.70. The molecular formula is C11H15ClO. The molecule has 0 fully saturated rings. The molecular weight excluding hydrogens is 184 g/mol. The van der Waals surface area contributed by atoms with Gasteiger partial charge in [0.25, 0.3) is 0 Å². The predicted molar refractivity (Wildman–Crippen MR) is 55.9 cm³/mol. The zero-order valence-corrected chi connectivity index (χ0v) is 8.97. The van der Waals surface area contributed by atoms with Gasteiger partial charge in [0.2, 0.25) is 0 Å². The van der Waals surface area contributed by atoms with Crippen molar-refractivity contribution in [3.05, 3.63) is 34.9 Å². The van der Waals surface area contributed by atoms with Gasteiger partial charge in [0, 0.05) is 5.02 Å². The fraction of sp³-hybridized carbons (Fsp3) is 0.455. The Morgan fingerprint density at radius 1 is 1.23 bits per heavy atom. The highest BCUT2D eigenvalue weighted by atomic mass is 35.5. The first kappa shape index (κ1) is 10.6. The van der Waals surface area contributed by atoms with Crippen LogP contribution in [0.4, 0.5) is 0 Å². The Bertz CT molecular complexity index is 288. The molecule has 0 aliphatic carbocycles. The first-order chi connectivity index (χ1) is 5.93. The van der Waals surface area contributed by atoms with Crippen LogP contribution < -0.4 is 0 Å². The molecule has 1 N–H and O–H groups in total. The molecule has 0 aromatic heterocycles. The molecule has 1 nitrogen and oxygen atoms in total. The minimum Gasteiger partial charge on any atom is -0.388 e. The van der Waals surface area contributed by atoms with E-state index in [-0.39, 0.29) is 5.41 Å². The third-order valence-electron chi connectivity index (χ3n) is 2.02. The molecule has 1 atom stereocenters. The largest absolute Gasteiger partial charge is 0.388 e. The van der Waals surface area contributed by atoms with E-state index < -0.39 is 6.10 Å². The highest BCUT2D eigenvalue weighted by Gasteiger charge is 2.25. The summed E-state index contributed by atoms with van der Waals surface area (Å²) in [6.45, 7) is 5.96. The van der Waals surface area contributed by atoms with Crippen LogP contribution in [0.3, 0.4) is 0 Å². The summed E-state index contributed by atoms with van der Waals surface area (Å²) in [5.41, 5.74) is 0.627. The molecule has 0 bridgehead atoms. The van der Waals surface area contributed by atoms with E-state index in [1.54, 1.807) is 6.07 Å². The van der Waals surface area contributed by atoms with E-state index in [0.29, 0.717) is 5.02 Å². The van der Waals surface area contributed by atoms with Crippen molar-refractivity contribution < 1.29 is 5.11 Å². The molecule has 0 aliphatic rings. The van der Waals surface area contributed by atoms with Crippen LogP contribution in [0.15, 0.2) is 24.3 Å². The van der Waals surface area contributed by atoms with Crippen molar-refractivity contribution in [2.75, 3.05) is 0 Å². The number of hydrogen-bond donors (Lipinski definition) is 1. The van der Waals surface area contributed by atoms with E-state index in [9.17, 15) is 5.11 Å². The fourth-order valence-electron chi connectivity index (χ4n) is 1.16. The van der Waals surface area contributed by atoms with Gasteiger partial charge >= 0.3 is 0 Å². The van der Waals surface area contributed by atoms with Gasteiger partial charge in [-0.3, -0.25) is 0 Å². The Morgan fingerprint density at radius 3 is 2.23 bits per heavy atom. The van der Waals surface area contributed by atoms with Crippen LogP contribution in [0.2, 0.25) is 5.02 Å². The number of aliphatic hydroxyl groups excluding tert-OH is 1. The van der Waals surface area contributed by atoms with Gasteiger partial charge < -0.3 is 5.11 Å². The number of aliphatic hydroxyl groups is 1. The van der Waals surface area contributed by atoms with E-state index >= 15 is 0 Å². The van der Waals surface area contributed by atoms with Gasteiger partial charge in [-0.15, -0.1) is 0 Å². The van der Waals surface area contributed by atoms with E-state index in [0.717, 1.165) is 5.56 Å². The van der Waals surface area contributed by atoms with Crippen molar-refractivity contribution in [1.82, 2.24) is 0 Å². The van der Waals surface area contributed by atoms with Crippen LogP contribution in [0.1, 0.15) is 32.4 Å². The topological polar surface area (TPSA) is 20.2 Å². The first-order valence-corrected chi connectivity index (χ1v) is 4.73. The Balaban J connectivity index is 3.02. The molecule has 0 unspecified atom stereocenters. The van der Waals surface area contributed by atoms with Gasteiger partial charge in [-0.05, 0) is 17.0 Å². The molecule has 13 heavy (non-hydrogen) atoms. The minimum atomic E-state index is -0.513. The van der Waals surface area contributed by atoms with Crippen molar-refractivity contribution in [2.45, 2.75) is 26.9 Å². The Hall–Kier alpha value is -0.530. The summed E-state index contributed by atoms with van der Waals surface area (Å²) in [5, 5.41) is 10.6. The summed E-state index contributed by atoms with van der Waals surface area (Å²) in [6, 6.07) is 7.40. The van der Waals surface area contributed by atoms with Crippen LogP contribution in [0.5, 0.6) is 0 Å². The third kappa shape index (κ3) is 2.45. The second kappa shape index (κ2) is 3.69. The summed E-state index contributed by atoms with van der Waals surface area (Å²) >= 11 is 5.97. The maximum Gasteiger partial charge on any atom is 0.0852 e. The van der Waals surface area contributed by atoms with Gasteiger partial charge in [-0.25, -0.2) is 0 Å². The predicted octanol–water partition coefficient (Wildman–Crippen LogP) is 3.42.